The smallest absolute Gasteiger partial charge is 0.308 e. The molecule has 0 aliphatic carbocycles. The molecule has 0 saturated heterocycles. The summed E-state index contributed by atoms with van der Waals surface area (Å²) in [6, 6.07) is 0. The predicted octanol–water partition coefficient (Wildman–Crippen LogP) is 4.57. The van der Waals surface area contributed by atoms with Crippen LogP contribution in [0.1, 0.15) is 72.6 Å². The molecular weight excluding hydrogens is 212 g/mol. The van der Waals surface area contributed by atoms with Gasteiger partial charge in [-0.1, -0.05) is 66.2 Å². The van der Waals surface area contributed by atoms with E-state index in [1.54, 1.807) is 0 Å². The molecule has 0 radical (unpaired) electrons. The molecule has 1 atom stereocenters. The van der Waals surface area contributed by atoms with Gasteiger partial charge in [-0.05, 0) is 12.3 Å². The van der Waals surface area contributed by atoms with Gasteiger partial charge < -0.3 is 4.74 Å². The van der Waals surface area contributed by atoms with E-state index in [2.05, 4.69) is 13.8 Å². The number of ether oxygens (including phenoxy) is 1. The molecule has 0 aromatic rings. The predicted molar refractivity (Wildman–Crippen MR) is 73.0 cm³/mol. The van der Waals surface area contributed by atoms with E-state index in [0.29, 0.717) is 6.61 Å². The Bertz CT molecular complexity index is 187. The van der Waals surface area contributed by atoms with E-state index >= 15 is 0 Å². The minimum Gasteiger partial charge on any atom is -0.465 e. The summed E-state index contributed by atoms with van der Waals surface area (Å²) in [4.78, 5) is 11.3. The summed E-state index contributed by atoms with van der Waals surface area (Å²) < 4.78 is 5.22. The van der Waals surface area contributed by atoms with Crippen molar-refractivity contribution in [3.05, 3.63) is 0 Å². The molecule has 1 unspecified atom stereocenters. The van der Waals surface area contributed by atoms with Crippen molar-refractivity contribution in [1.82, 2.24) is 0 Å². The van der Waals surface area contributed by atoms with Crippen LogP contribution < -0.4 is 0 Å². The average Bonchev–Trinajstić information content (AvgIpc) is 2.31. The Morgan fingerprint density at radius 2 is 1.76 bits per heavy atom. The normalized spacial score (nSPS) is 12.8. The highest BCUT2D eigenvalue weighted by Crippen LogP contribution is 2.18. The molecule has 17 heavy (non-hydrogen) atoms. The number of unbranched alkanes of at least 4 members (excludes halogenated alkanes) is 3. The van der Waals surface area contributed by atoms with Crippen LogP contribution in [0.3, 0.4) is 0 Å². The van der Waals surface area contributed by atoms with Crippen molar-refractivity contribution in [3.8, 4) is 0 Å². The molecule has 2 nitrogen and oxygen atoms in total. The van der Waals surface area contributed by atoms with Crippen LogP contribution in [0.15, 0.2) is 0 Å². The van der Waals surface area contributed by atoms with Gasteiger partial charge in [-0.2, -0.15) is 0 Å². The molecule has 0 spiro atoms. The van der Waals surface area contributed by atoms with Gasteiger partial charge in [0, 0.05) is 0 Å². The van der Waals surface area contributed by atoms with Crippen molar-refractivity contribution < 1.29 is 9.53 Å². The Hall–Kier alpha value is -0.530. The first-order valence-corrected chi connectivity index (χ1v) is 7.28. The third-order valence-corrected chi connectivity index (χ3v) is 3.29. The molecule has 0 saturated carbocycles. The fourth-order valence-corrected chi connectivity index (χ4v) is 1.91. The van der Waals surface area contributed by atoms with Gasteiger partial charge in [0.15, 0.2) is 0 Å². The first kappa shape index (κ1) is 16.5. The average molecular weight is 242 g/mol. The fourth-order valence-electron chi connectivity index (χ4n) is 1.91. The van der Waals surface area contributed by atoms with Crippen molar-refractivity contribution in [2.45, 2.75) is 72.6 Å². The number of esters is 1. The highest BCUT2D eigenvalue weighted by atomic mass is 16.5. The minimum atomic E-state index is -0.0640. The second kappa shape index (κ2) is 10.6. The van der Waals surface area contributed by atoms with E-state index in [0.717, 1.165) is 12.3 Å². The highest BCUT2D eigenvalue weighted by molar-refractivity contribution is 5.71. The van der Waals surface area contributed by atoms with Crippen LogP contribution in [-0.2, 0) is 9.53 Å². The molecule has 2 heteroatoms. The maximum Gasteiger partial charge on any atom is 0.308 e. The molecule has 0 heterocycles. The van der Waals surface area contributed by atoms with Gasteiger partial charge in [-0.25, -0.2) is 0 Å². The molecular formula is C15H30O2. The lowest BCUT2D eigenvalue weighted by Crippen LogP contribution is -2.14. The van der Waals surface area contributed by atoms with Crippen LogP contribution >= 0.6 is 0 Å². The van der Waals surface area contributed by atoms with E-state index in [4.69, 9.17) is 4.74 Å². The van der Waals surface area contributed by atoms with Crippen molar-refractivity contribution in [2.24, 2.45) is 11.8 Å². The van der Waals surface area contributed by atoms with Gasteiger partial charge >= 0.3 is 5.97 Å². The van der Waals surface area contributed by atoms with Crippen LogP contribution in [0.5, 0.6) is 0 Å². The van der Waals surface area contributed by atoms with Crippen LogP contribution in [-0.4, -0.2) is 12.6 Å². The summed E-state index contributed by atoms with van der Waals surface area (Å²) in [7, 11) is 0. The molecule has 0 amide bonds. The molecule has 102 valence electrons. The Labute approximate surface area is 107 Å². The van der Waals surface area contributed by atoms with Gasteiger partial charge in [0.05, 0.1) is 12.5 Å². The van der Waals surface area contributed by atoms with E-state index in [1.165, 1.54) is 38.5 Å². The number of carbonyl (C=O) groups is 1. The van der Waals surface area contributed by atoms with Gasteiger partial charge in [0.1, 0.15) is 0 Å². The lowest BCUT2D eigenvalue weighted by molar-refractivity contribution is -0.147. The Morgan fingerprint density at radius 1 is 1.06 bits per heavy atom. The van der Waals surface area contributed by atoms with Gasteiger partial charge in [0.2, 0.25) is 0 Å². The van der Waals surface area contributed by atoms with Gasteiger partial charge in [0.25, 0.3) is 0 Å². The summed E-state index contributed by atoms with van der Waals surface area (Å²) in [5.41, 5.74) is 0. The molecule has 0 fully saturated rings. The summed E-state index contributed by atoms with van der Waals surface area (Å²) in [5.74, 6) is 0.664. The van der Waals surface area contributed by atoms with Crippen molar-refractivity contribution in [1.29, 1.82) is 0 Å². The molecule has 0 N–H and O–H groups in total. The lowest BCUT2D eigenvalue weighted by atomic mass is 9.95. The van der Waals surface area contributed by atoms with E-state index < -0.39 is 0 Å². The van der Waals surface area contributed by atoms with Crippen molar-refractivity contribution in [2.75, 3.05) is 6.61 Å². The van der Waals surface area contributed by atoms with Crippen LogP contribution in [0.2, 0.25) is 0 Å². The first-order chi connectivity index (χ1) is 8.11. The number of hydrogen-bond acceptors (Lipinski definition) is 2. The van der Waals surface area contributed by atoms with Crippen LogP contribution in [0.4, 0.5) is 0 Å². The highest BCUT2D eigenvalue weighted by Gasteiger charge is 2.10. The zero-order valence-electron chi connectivity index (χ0n) is 12.1. The standard InChI is InChI=1S/C15H30O2/c1-5-7-8-9-10-14(6-2)11-12-17-15(16)13(3)4/h13-14H,5-12H2,1-4H3. The van der Waals surface area contributed by atoms with Crippen molar-refractivity contribution in [3.63, 3.8) is 0 Å². The fraction of sp³-hybridized carbons (Fsp3) is 0.933. The number of hydrogen-bond donors (Lipinski definition) is 0. The van der Waals surface area contributed by atoms with Crippen LogP contribution in [0.25, 0.3) is 0 Å². The maximum atomic E-state index is 11.3. The number of carbonyl (C=O) groups excluding carboxylic acids is 1. The van der Waals surface area contributed by atoms with Crippen LogP contribution in [0, 0.1) is 11.8 Å². The quantitative estimate of drug-likeness (QED) is 0.414. The van der Waals surface area contributed by atoms with Crippen molar-refractivity contribution >= 4 is 5.97 Å². The monoisotopic (exact) mass is 242 g/mol. The van der Waals surface area contributed by atoms with Gasteiger partial charge in [-0.3, -0.25) is 4.79 Å². The second-order valence-corrected chi connectivity index (χ2v) is 5.23. The third kappa shape index (κ3) is 9.20. The SMILES string of the molecule is CCCCCCC(CC)CCOC(=O)C(C)C. The molecule has 0 aliphatic heterocycles. The summed E-state index contributed by atoms with van der Waals surface area (Å²) in [6.07, 6.45) is 8.83. The number of rotatable bonds is 10. The molecule has 0 rings (SSSR count). The van der Waals surface area contributed by atoms with E-state index in [1.807, 2.05) is 13.8 Å². The molecule has 0 bridgehead atoms. The zero-order chi connectivity index (χ0) is 13.1. The molecule has 0 aromatic carbocycles. The summed E-state index contributed by atoms with van der Waals surface area (Å²) in [5, 5.41) is 0. The Balaban J connectivity index is 3.57. The first-order valence-electron chi connectivity index (χ1n) is 7.28. The minimum absolute atomic E-state index is 0.000342. The molecule has 0 aromatic heterocycles. The zero-order valence-corrected chi connectivity index (χ0v) is 12.1. The maximum absolute atomic E-state index is 11.3. The molecule has 0 aliphatic rings. The Morgan fingerprint density at radius 3 is 2.29 bits per heavy atom. The Kier molecular flexibility index (Phi) is 10.3. The van der Waals surface area contributed by atoms with Gasteiger partial charge in [-0.15, -0.1) is 0 Å². The topological polar surface area (TPSA) is 26.3 Å². The summed E-state index contributed by atoms with van der Waals surface area (Å²) in [6.45, 7) is 8.83. The van der Waals surface area contributed by atoms with E-state index in [-0.39, 0.29) is 11.9 Å². The largest absolute Gasteiger partial charge is 0.465 e. The third-order valence-electron chi connectivity index (χ3n) is 3.29. The lowest BCUT2D eigenvalue weighted by Gasteiger charge is -2.15. The van der Waals surface area contributed by atoms with E-state index in [9.17, 15) is 4.79 Å². The summed E-state index contributed by atoms with van der Waals surface area (Å²) >= 11 is 0. The second-order valence-electron chi connectivity index (χ2n) is 5.23.